The van der Waals surface area contributed by atoms with Crippen molar-refractivity contribution in [3.8, 4) is 44.5 Å². The van der Waals surface area contributed by atoms with Gasteiger partial charge in [0.2, 0.25) is 0 Å². The Balaban J connectivity index is 0.988. The van der Waals surface area contributed by atoms with Gasteiger partial charge < -0.3 is 9.32 Å². The third-order valence-electron chi connectivity index (χ3n) is 11.5. The molecule has 0 atom stereocenters. The number of furan rings is 1. The predicted octanol–water partition coefficient (Wildman–Crippen LogP) is 16.2. The lowest BCUT2D eigenvalue weighted by Crippen LogP contribution is -2.11. The highest BCUT2D eigenvalue weighted by atomic mass is 16.3. The molecule has 2 heteroatoms. The van der Waals surface area contributed by atoms with Crippen molar-refractivity contribution in [1.82, 2.24) is 0 Å². The van der Waals surface area contributed by atoms with Gasteiger partial charge in [0.1, 0.15) is 11.2 Å². The van der Waals surface area contributed by atoms with Crippen molar-refractivity contribution in [2.45, 2.75) is 26.2 Å². The Labute approximate surface area is 340 Å². The van der Waals surface area contributed by atoms with E-state index in [9.17, 15) is 0 Å². The van der Waals surface area contributed by atoms with Gasteiger partial charge in [0.25, 0.3) is 0 Å². The summed E-state index contributed by atoms with van der Waals surface area (Å²) in [5.41, 5.74) is 16.0. The van der Waals surface area contributed by atoms with Crippen molar-refractivity contribution in [3.05, 3.63) is 212 Å². The van der Waals surface area contributed by atoms with Crippen LogP contribution in [0.2, 0.25) is 0 Å². The van der Waals surface area contributed by atoms with E-state index in [0.717, 1.165) is 50.1 Å². The van der Waals surface area contributed by atoms with Crippen LogP contribution in [-0.2, 0) is 5.41 Å². The number of para-hydroxylation sites is 2. The smallest absolute Gasteiger partial charge is 0.143 e. The lowest BCUT2D eigenvalue weighted by Gasteiger charge is -2.26. The van der Waals surface area contributed by atoms with E-state index in [1.807, 2.05) is 12.1 Å². The van der Waals surface area contributed by atoms with Crippen LogP contribution in [0.4, 0.5) is 17.1 Å². The van der Waals surface area contributed by atoms with Gasteiger partial charge in [-0.1, -0.05) is 185 Å². The standard InChI is InChI=1S/C56H43NO/c1-56(2,3)53-37-36-47(49-14-7-8-15-50(49)53)42-22-20-39(21-23-42)41-26-32-45(33-27-41)57(44-30-24-40(25-31-44)38-12-5-4-6-13-38)46-34-28-43(29-35-46)48-17-11-18-52-51-16-9-10-19-54(51)58-55(48)52/h4-37H,1-3H3. The molecule has 9 aromatic carbocycles. The monoisotopic (exact) mass is 745 g/mol. The summed E-state index contributed by atoms with van der Waals surface area (Å²) in [5, 5.41) is 4.89. The number of rotatable bonds is 7. The molecular formula is C56H43NO. The van der Waals surface area contributed by atoms with E-state index in [2.05, 4.69) is 220 Å². The first-order chi connectivity index (χ1) is 28.4. The number of hydrogen-bond acceptors (Lipinski definition) is 2. The topological polar surface area (TPSA) is 16.4 Å². The van der Waals surface area contributed by atoms with Gasteiger partial charge in [-0.3, -0.25) is 0 Å². The SMILES string of the molecule is CC(C)(C)c1ccc(-c2ccc(-c3ccc(N(c4ccc(-c5ccccc5)cc4)c4ccc(-c5cccc6c5oc5ccccc56)cc4)cc3)cc2)c2ccccc12. The Morgan fingerprint density at radius 3 is 1.38 bits per heavy atom. The van der Waals surface area contributed by atoms with Gasteiger partial charge in [-0.05, 0) is 103 Å². The third-order valence-corrected chi connectivity index (χ3v) is 11.5. The quantitative estimate of drug-likeness (QED) is 0.162. The summed E-state index contributed by atoms with van der Waals surface area (Å²) in [6.07, 6.45) is 0. The average Bonchev–Trinajstić information content (AvgIpc) is 3.66. The molecule has 2 nitrogen and oxygen atoms in total. The van der Waals surface area contributed by atoms with Crippen LogP contribution < -0.4 is 4.90 Å². The lowest BCUT2D eigenvalue weighted by molar-refractivity contribution is 0.596. The molecule has 0 saturated carbocycles. The summed E-state index contributed by atoms with van der Waals surface area (Å²) in [4.78, 5) is 2.33. The molecule has 0 fully saturated rings. The molecule has 278 valence electrons. The Morgan fingerprint density at radius 2 is 0.776 bits per heavy atom. The summed E-state index contributed by atoms with van der Waals surface area (Å²) in [7, 11) is 0. The number of nitrogens with zero attached hydrogens (tertiary/aromatic N) is 1. The number of anilines is 3. The second-order valence-electron chi connectivity index (χ2n) is 16.2. The summed E-state index contributed by atoms with van der Waals surface area (Å²) in [5.74, 6) is 0. The first kappa shape index (κ1) is 35.3. The van der Waals surface area contributed by atoms with Crippen LogP contribution in [0, 0.1) is 0 Å². The Kier molecular flexibility index (Phi) is 8.76. The van der Waals surface area contributed by atoms with Crippen molar-refractivity contribution in [3.63, 3.8) is 0 Å². The lowest BCUT2D eigenvalue weighted by atomic mass is 9.82. The van der Waals surface area contributed by atoms with Crippen LogP contribution in [-0.4, -0.2) is 0 Å². The summed E-state index contributed by atoms with van der Waals surface area (Å²) < 4.78 is 6.40. The maximum absolute atomic E-state index is 6.40. The van der Waals surface area contributed by atoms with Crippen molar-refractivity contribution >= 4 is 49.8 Å². The molecule has 0 spiro atoms. The summed E-state index contributed by atoms with van der Waals surface area (Å²) >= 11 is 0. The highest BCUT2D eigenvalue weighted by Gasteiger charge is 2.19. The molecule has 0 aliphatic rings. The molecule has 0 aliphatic heterocycles. The van der Waals surface area contributed by atoms with Gasteiger partial charge in [-0.25, -0.2) is 0 Å². The first-order valence-corrected chi connectivity index (χ1v) is 20.1. The minimum atomic E-state index is 0.0736. The molecule has 0 bridgehead atoms. The molecule has 58 heavy (non-hydrogen) atoms. The van der Waals surface area contributed by atoms with Crippen LogP contribution in [0.15, 0.2) is 211 Å². The van der Waals surface area contributed by atoms with E-state index >= 15 is 0 Å². The van der Waals surface area contributed by atoms with Gasteiger partial charge in [0.15, 0.2) is 0 Å². The summed E-state index contributed by atoms with van der Waals surface area (Å²) in [6.45, 7) is 6.86. The zero-order valence-corrected chi connectivity index (χ0v) is 33.0. The normalized spacial score (nSPS) is 11.7. The summed E-state index contributed by atoms with van der Waals surface area (Å²) in [6, 6.07) is 74.3. The molecule has 10 aromatic rings. The second kappa shape index (κ2) is 14.4. The van der Waals surface area contributed by atoms with Crippen LogP contribution in [0.5, 0.6) is 0 Å². The number of hydrogen-bond donors (Lipinski definition) is 0. The van der Waals surface area contributed by atoms with E-state index in [1.165, 1.54) is 49.7 Å². The molecule has 0 N–H and O–H groups in total. The molecule has 0 aliphatic carbocycles. The van der Waals surface area contributed by atoms with Crippen LogP contribution in [0.1, 0.15) is 26.3 Å². The molecule has 1 heterocycles. The van der Waals surface area contributed by atoms with Crippen molar-refractivity contribution in [2.24, 2.45) is 0 Å². The zero-order chi connectivity index (χ0) is 39.2. The van der Waals surface area contributed by atoms with Crippen molar-refractivity contribution in [2.75, 3.05) is 4.90 Å². The van der Waals surface area contributed by atoms with Gasteiger partial charge in [-0.15, -0.1) is 0 Å². The minimum Gasteiger partial charge on any atom is -0.455 e. The number of benzene rings is 9. The predicted molar refractivity (Wildman–Crippen MR) is 246 cm³/mol. The molecule has 0 radical (unpaired) electrons. The fourth-order valence-corrected chi connectivity index (χ4v) is 8.50. The van der Waals surface area contributed by atoms with Gasteiger partial charge in [-0.2, -0.15) is 0 Å². The maximum Gasteiger partial charge on any atom is 0.143 e. The fourth-order valence-electron chi connectivity index (χ4n) is 8.50. The molecule has 0 amide bonds. The van der Waals surface area contributed by atoms with Crippen LogP contribution >= 0.6 is 0 Å². The average molecular weight is 746 g/mol. The highest BCUT2D eigenvalue weighted by Crippen LogP contribution is 2.41. The van der Waals surface area contributed by atoms with Gasteiger partial charge in [0, 0.05) is 33.4 Å². The van der Waals surface area contributed by atoms with Crippen molar-refractivity contribution < 1.29 is 4.42 Å². The van der Waals surface area contributed by atoms with E-state index in [4.69, 9.17) is 4.42 Å². The fraction of sp³-hybridized carbons (Fsp3) is 0.0714. The van der Waals surface area contributed by atoms with E-state index in [0.29, 0.717) is 0 Å². The minimum absolute atomic E-state index is 0.0736. The first-order valence-electron chi connectivity index (χ1n) is 20.1. The van der Waals surface area contributed by atoms with Crippen LogP contribution in [0.3, 0.4) is 0 Å². The van der Waals surface area contributed by atoms with Gasteiger partial charge >= 0.3 is 0 Å². The van der Waals surface area contributed by atoms with Crippen LogP contribution in [0.25, 0.3) is 77.2 Å². The van der Waals surface area contributed by atoms with E-state index < -0.39 is 0 Å². The van der Waals surface area contributed by atoms with E-state index in [1.54, 1.807) is 0 Å². The Bertz CT molecular complexity index is 3040. The number of fused-ring (bicyclic) bond motifs is 4. The molecule has 0 saturated heterocycles. The second-order valence-corrected chi connectivity index (χ2v) is 16.2. The molecule has 0 unspecified atom stereocenters. The highest BCUT2D eigenvalue weighted by molar-refractivity contribution is 6.09. The van der Waals surface area contributed by atoms with E-state index in [-0.39, 0.29) is 5.41 Å². The van der Waals surface area contributed by atoms with Gasteiger partial charge in [0.05, 0.1) is 0 Å². The zero-order valence-electron chi connectivity index (χ0n) is 33.0. The molecule has 10 rings (SSSR count). The largest absolute Gasteiger partial charge is 0.455 e. The van der Waals surface area contributed by atoms with Crippen molar-refractivity contribution in [1.29, 1.82) is 0 Å². The Hall–Kier alpha value is -7.16. The maximum atomic E-state index is 6.40. The third kappa shape index (κ3) is 6.43. The Morgan fingerprint density at radius 1 is 0.328 bits per heavy atom. The molecular weight excluding hydrogens is 703 g/mol. The molecule has 1 aromatic heterocycles.